The molecule has 0 saturated carbocycles. The normalized spacial score (nSPS) is 14.2. The minimum absolute atomic E-state index is 0. The van der Waals surface area contributed by atoms with E-state index in [-0.39, 0.29) is 16.9 Å². The van der Waals surface area contributed by atoms with Crippen LogP contribution in [0.5, 0.6) is 0 Å². The molecule has 0 bridgehead atoms. The van der Waals surface area contributed by atoms with Crippen molar-refractivity contribution in [1.29, 1.82) is 0 Å². The van der Waals surface area contributed by atoms with Crippen molar-refractivity contribution in [3.63, 3.8) is 0 Å². The fourth-order valence-electron chi connectivity index (χ4n) is 2.91. The van der Waals surface area contributed by atoms with Gasteiger partial charge in [0.2, 0.25) is 0 Å². The van der Waals surface area contributed by atoms with Gasteiger partial charge in [0.05, 0.1) is 0 Å². The Bertz CT molecular complexity index is 778. The number of fused-ring (bicyclic) bond motifs is 1. The molecule has 2 nitrogen and oxygen atoms in total. The number of hydrogen-bond donors (Lipinski definition) is 1. The van der Waals surface area contributed by atoms with E-state index in [1.54, 1.807) is 12.2 Å². The molecule has 0 heterocycles. The van der Waals surface area contributed by atoms with E-state index in [9.17, 15) is 4.79 Å². The van der Waals surface area contributed by atoms with Gasteiger partial charge in [0.1, 0.15) is 0 Å². The molecule has 0 spiro atoms. The number of hydrogen-bond acceptors (Lipinski definition) is 1. The third-order valence-electron chi connectivity index (χ3n) is 4.22. The van der Waals surface area contributed by atoms with Crippen LogP contribution < -0.4 is 3.80 Å². The van der Waals surface area contributed by atoms with Crippen LogP contribution in [0.2, 0.25) is 10.5 Å². The van der Waals surface area contributed by atoms with Gasteiger partial charge >= 0.3 is 129 Å². The Balaban J connectivity index is 0.000000616. The van der Waals surface area contributed by atoms with Crippen LogP contribution >= 0.6 is 0 Å². The van der Waals surface area contributed by atoms with Gasteiger partial charge in [0.15, 0.2) is 0 Å². The number of nitrogens with one attached hydrogen (secondary N) is 1. The summed E-state index contributed by atoms with van der Waals surface area (Å²) in [6.07, 6.45) is 7.72. The molecule has 4 heteroatoms. The zero-order valence-electron chi connectivity index (χ0n) is 14.9. The molecule has 2 aromatic rings. The molecule has 136 valence electrons. The summed E-state index contributed by atoms with van der Waals surface area (Å²) < 4.78 is 3.74. The molecule has 1 atom stereocenters. The second-order valence-corrected chi connectivity index (χ2v) is 13.2. The van der Waals surface area contributed by atoms with Gasteiger partial charge in [0, 0.05) is 0 Å². The van der Waals surface area contributed by atoms with Crippen LogP contribution in [0.25, 0.3) is 6.08 Å². The first-order valence-electron chi connectivity index (χ1n) is 8.37. The van der Waals surface area contributed by atoms with Crippen molar-refractivity contribution < 1.29 is 21.6 Å². The Morgan fingerprint density at radius 3 is 2.19 bits per heavy atom. The average Bonchev–Trinajstić information content (AvgIpc) is 3.07. The first kappa shape index (κ1) is 22.1. The molecule has 1 N–H and O–H groups in total. The summed E-state index contributed by atoms with van der Waals surface area (Å²) in [7, 11) is 0. The molecule has 0 aromatic heterocycles. The number of rotatable bonds is 4. The summed E-state index contributed by atoms with van der Waals surface area (Å²) >= 11 is -2.52. The van der Waals surface area contributed by atoms with Crippen molar-refractivity contribution in [3.8, 4) is 0 Å². The summed E-state index contributed by atoms with van der Waals surface area (Å²) in [5.74, 6) is 0.0541. The molecule has 0 aliphatic heterocycles. The fourth-order valence-corrected chi connectivity index (χ4v) is 6.82. The molecule has 2 aromatic carbocycles. The van der Waals surface area contributed by atoms with E-state index in [1.807, 2.05) is 30.3 Å². The van der Waals surface area contributed by atoms with Crippen LogP contribution in [0.3, 0.4) is 0 Å². The monoisotopic (exact) mass is 399 g/mol. The Morgan fingerprint density at radius 1 is 1.00 bits per heavy atom. The molecule has 0 fully saturated rings. The van der Waals surface area contributed by atoms with Crippen molar-refractivity contribution >= 4 is 22.9 Å². The third-order valence-corrected chi connectivity index (χ3v) is 8.79. The van der Waals surface area contributed by atoms with Crippen molar-refractivity contribution in [2.45, 2.75) is 14.7 Å². The molecular weight excluding hydrogens is 370 g/mol. The summed E-state index contributed by atoms with van der Waals surface area (Å²) in [5.41, 5.74) is 3.39. The predicted molar refractivity (Wildman–Crippen MR) is 116 cm³/mol. The number of amides is 1. The molecule has 1 aliphatic carbocycles. The van der Waals surface area contributed by atoms with E-state index in [4.69, 9.17) is 0 Å². The smallest absolute Gasteiger partial charge is 0.0149 e. The van der Waals surface area contributed by atoms with E-state index in [0.717, 1.165) is 5.56 Å². The van der Waals surface area contributed by atoms with Crippen LogP contribution in [0.4, 0.5) is 0 Å². The van der Waals surface area contributed by atoms with Crippen LogP contribution in [0.1, 0.15) is 25.7 Å². The maximum atomic E-state index is 12.4. The number of allylic oxidation sites excluding steroid dienone is 3. The Hall–Kier alpha value is -1.94. The van der Waals surface area contributed by atoms with Gasteiger partial charge in [-0.05, 0) is 11.0 Å². The van der Waals surface area contributed by atoms with Crippen molar-refractivity contribution in [2.75, 3.05) is 0 Å². The van der Waals surface area contributed by atoms with Crippen LogP contribution in [0, 0.1) is 0 Å². The molecule has 3 rings (SSSR count). The first-order chi connectivity index (χ1) is 12.0. The second-order valence-electron chi connectivity index (χ2n) is 6.48. The van der Waals surface area contributed by atoms with Gasteiger partial charge in [0.25, 0.3) is 0 Å². The van der Waals surface area contributed by atoms with E-state index >= 15 is 0 Å². The Kier molecular flexibility index (Phi) is 8.73. The molecular formula is C22H29NOSiTi. The zero-order valence-corrected chi connectivity index (χ0v) is 16.5. The largest absolute Gasteiger partial charge is 0.0149 e. The molecule has 0 radical (unpaired) electrons. The quantitative estimate of drug-likeness (QED) is 0.604. The van der Waals surface area contributed by atoms with E-state index < -0.39 is 16.8 Å². The molecule has 1 aliphatic rings. The van der Waals surface area contributed by atoms with Gasteiger partial charge in [-0.15, -0.1) is 0 Å². The minimum Gasteiger partial charge on any atom is -0.0149 e. The van der Waals surface area contributed by atoms with Crippen molar-refractivity contribution in [1.82, 2.24) is 3.80 Å². The van der Waals surface area contributed by atoms with Crippen LogP contribution in [-0.2, 0) is 16.8 Å². The maximum absolute atomic E-state index is 12.4. The third kappa shape index (κ3) is 5.53. The zero-order chi connectivity index (χ0) is 18.3. The summed E-state index contributed by atoms with van der Waals surface area (Å²) in [4.78, 5) is 12.4. The fraction of sp³-hybridized carbons (Fsp3) is 0.136. The van der Waals surface area contributed by atoms with Crippen LogP contribution in [0.15, 0.2) is 86.0 Å². The second kappa shape index (κ2) is 10.3. The number of carbonyl (C=O) groups is 1. The first-order valence-corrected chi connectivity index (χ1v) is 13.2. The van der Waals surface area contributed by atoms with Gasteiger partial charge < -0.3 is 0 Å². The standard InChI is InChI=1S/C9H7.C7H7NO.C4H6.2CH3.H4Si.Ti/c1-2-5-9-7-3-6-8(9)4-1;8-7(9)6-4-2-1-3-5-6;1-3-4-2;;;;/h1-7H;1-5H,(H2,8,9);3-4H,1-2H2;2*1H3;1H4;/q;;;;;;+1/p-1. The molecule has 1 unspecified atom stereocenters. The van der Waals surface area contributed by atoms with E-state index in [1.165, 1.54) is 11.1 Å². The average molecular weight is 399 g/mol. The maximum Gasteiger partial charge on any atom is -0.0149 e. The Morgan fingerprint density at radius 2 is 1.58 bits per heavy atom. The van der Waals surface area contributed by atoms with Gasteiger partial charge in [-0.25, -0.2) is 0 Å². The Labute approximate surface area is 165 Å². The van der Waals surface area contributed by atoms with E-state index in [0.29, 0.717) is 4.22 Å². The van der Waals surface area contributed by atoms with Crippen molar-refractivity contribution in [2.24, 2.45) is 0 Å². The summed E-state index contributed by atoms with van der Waals surface area (Å²) in [6, 6.07) is 17.9. The van der Waals surface area contributed by atoms with Gasteiger partial charge in [-0.3, -0.25) is 0 Å². The minimum atomic E-state index is -2.52. The molecule has 0 saturated heterocycles. The SMILES string of the molecule is C=CC=C.[CH3][Ti]([CH3])([NH]C(=O)c1ccccc1)[CH]1C=Cc2ccccc21.[SiH4]. The van der Waals surface area contributed by atoms with Crippen molar-refractivity contribution in [3.05, 3.63) is 103 Å². The van der Waals surface area contributed by atoms with Gasteiger partial charge in [-0.1, -0.05) is 25.3 Å². The number of benzene rings is 2. The topological polar surface area (TPSA) is 29.1 Å². The summed E-state index contributed by atoms with van der Waals surface area (Å²) in [6.45, 7) is 6.72. The van der Waals surface area contributed by atoms with E-state index in [2.05, 4.69) is 63.8 Å². The number of carbonyl (C=O) groups excluding carboxylic acids is 1. The van der Waals surface area contributed by atoms with Crippen LogP contribution in [-0.4, -0.2) is 16.9 Å². The van der Waals surface area contributed by atoms with Gasteiger partial charge in [-0.2, -0.15) is 0 Å². The molecule has 1 amide bonds. The molecule has 26 heavy (non-hydrogen) atoms. The summed E-state index contributed by atoms with van der Waals surface area (Å²) in [5, 5.41) is 4.52. The predicted octanol–water partition coefficient (Wildman–Crippen LogP) is 4.26.